The van der Waals surface area contributed by atoms with Crippen molar-refractivity contribution in [2.45, 2.75) is 12.5 Å². The van der Waals surface area contributed by atoms with Crippen LogP contribution in [0.3, 0.4) is 0 Å². The summed E-state index contributed by atoms with van der Waals surface area (Å²) in [5.41, 5.74) is 1.13. The molecule has 2 unspecified atom stereocenters. The molecule has 1 aliphatic heterocycles. The first-order valence-electron chi connectivity index (χ1n) is 8.09. The van der Waals surface area contributed by atoms with E-state index in [-0.39, 0.29) is 19.7 Å². The fourth-order valence-corrected chi connectivity index (χ4v) is 3.46. The molecule has 2 aromatic carbocycles. The van der Waals surface area contributed by atoms with E-state index in [1.54, 1.807) is 12.1 Å². The van der Waals surface area contributed by atoms with E-state index in [4.69, 9.17) is 4.74 Å². The smallest absolute Gasteiger partial charge is 0.410 e. The number of likely N-dealkylation sites (tertiary alicyclic amines) is 1. The number of carboxylic acids is 1. The third-order valence-corrected chi connectivity index (χ3v) is 4.96. The predicted molar refractivity (Wildman–Crippen MR) is 96.2 cm³/mol. The zero-order valence-corrected chi connectivity index (χ0v) is 15.4. The normalized spacial score (nSPS) is 19.4. The van der Waals surface area contributed by atoms with E-state index in [1.165, 1.54) is 11.0 Å². The summed E-state index contributed by atoms with van der Waals surface area (Å²) in [6.07, 6.45) is -0.597. The van der Waals surface area contributed by atoms with Gasteiger partial charge in [-0.05, 0) is 23.3 Å². The fraction of sp³-hybridized carbons (Fsp3) is 0.263. The Labute approximate surface area is 158 Å². The summed E-state index contributed by atoms with van der Waals surface area (Å²) in [6, 6.07) is 13.7. The minimum absolute atomic E-state index is 0.0108. The zero-order chi connectivity index (χ0) is 18.7. The van der Waals surface area contributed by atoms with Crippen LogP contribution < -0.4 is 0 Å². The topological polar surface area (TPSA) is 66.8 Å². The molecule has 0 bridgehead atoms. The number of ether oxygens (including phenoxy) is 1. The van der Waals surface area contributed by atoms with Crippen LogP contribution in [0.15, 0.2) is 53.0 Å². The average Bonchev–Trinajstić information content (AvgIpc) is 3.06. The van der Waals surface area contributed by atoms with E-state index in [0.29, 0.717) is 10.0 Å². The Morgan fingerprint density at radius 1 is 1.19 bits per heavy atom. The van der Waals surface area contributed by atoms with E-state index in [9.17, 15) is 19.1 Å². The monoisotopic (exact) mass is 421 g/mol. The van der Waals surface area contributed by atoms with Crippen molar-refractivity contribution in [1.82, 2.24) is 4.90 Å². The Morgan fingerprint density at radius 3 is 2.58 bits per heavy atom. The number of amides is 1. The molecule has 0 aliphatic carbocycles. The van der Waals surface area contributed by atoms with Crippen LogP contribution in [0.5, 0.6) is 0 Å². The Hall–Kier alpha value is -2.41. The summed E-state index contributed by atoms with van der Waals surface area (Å²) in [5.74, 6) is -3.05. The Kier molecular flexibility index (Phi) is 5.56. The van der Waals surface area contributed by atoms with Crippen LogP contribution in [0.2, 0.25) is 0 Å². The van der Waals surface area contributed by atoms with Crippen molar-refractivity contribution >= 4 is 28.0 Å². The third-order valence-electron chi connectivity index (χ3n) is 4.46. The van der Waals surface area contributed by atoms with Crippen LogP contribution in [0, 0.1) is 11.7 Å². The van der Waals surface area contributed by atoms with Gasteiger partial charge in [-0.15, -0.1) is 0 Å². The van der Waals surface area contributed by atoms with Gasteiger partial charge in [0.25, 0.3) is 0 Å². The molecular formula is C19H17BrFNO4. The van der Waals surface area contributed by atoms with Crippen LogP contribution in [-0.2, 0) is 16.1 Å². The van der Waals surface area contributed by atoms with E-state index in [2.05, 4.69) is 15.9 Å². The first kappa shape index (κ1) is 18.4. The Balaban J connectivity index is 1.72. The molecule has 1 heterocycles. The van der Waals surface area contributed by atoms with Gasteiger partial charge in [-0.3, -0.25) is 4.79 Å². The SMILES string of the molecule is O=C(O)C1CN(C(=O)OCc2ccccc2)CC1c1ccc(Br)cc1F. The molecule has 0 saturated carbocycles. The highest BCUT2D eigenvalue weighted by atomic mass is 79.9. The van der Waals surface area contributed by atoms with Crippen LogP contribution in [-0.4, -0.2) is 35.2 Å². The number of aliphatic carboxylic acids is 1. The van der Waals surface area contributed by atoms with Crippen molar-refractivity contribution in [2.24, 2.45) is 5.92 Å². The lowest BCUT2D eigenvalue weighted by atomic mass is 9.89. The fourth-order valence-electron chi connectivity index (χ4n) is 3.13. The highest BCUT2D eigenvalue weighted by Crippen LogP contribution is 2.35. The Morgan fingerprint density at radius 2 is 1.92 bits per heavy atom. The van der Waals surface area contributed by atoms with Gasteiger partial charge in [0.2, 0.25) is 0 Å². The molecule has 1 saturated heterocycles. The van der Waals surface area contributed by atoms with Crippen LogP contribution in [0.1, 0.15) is 17.0 Å². The number of nitrogens with zero attached hydrogens (tertiary/aromatic N) is 1. The molecule has 1 fully saturated rings. The molecule has 1 amide bonds. The van der Waals surface area contributed by atoms with Crippen molar-refractivity contribution in [3.8, 4) is 0 Å². The van der Waals surface area contributed by atoms with E-state index < -0.39 is 29.7 Å². The summed E-state index contributed by atoms with van der Waals surface area (Å²) in [6.45, 7) is 0.192. The number of rotatable bonds is 4. The second kappa shape index (κ2) is 7.86. The van der Waals surface area contributed by atoms with Crippen molar-refractivity contribution < 1.29 is 23.8 Å². The number of halogens is 2. The molecule has 5 nitrogen and oxygen atoms in total. The van der Waals surface area contributed by atoms with Gasteiger partial charge in [-0.2, -0.15) is 0 Å². The van der Waals surface area contributed by atoms with Gasteiger partial charge in [-0.25, -0.2) is 9.18 Å². The minimum Gasteiger partial charge on any atom is -0.481 e. The maximum atomic E-state index is 14.3. The van der Waals surface area contributed by atoms with Gasteiger partial charge in [0.1, 0.15) is 12.4 Å². The summed E-state index contributed by atoms with van der Waals surface area (Å²) >= 11 is 3.19. The zero-order valence-electron chi connectivity index (χ0n) is 13.8. The largest absolute Gasteiger partial charge is 0.481 e. The Bertz CT molecular complexity index is 814. The second-order valence-electron chi connectivity index (χ2n) is 6.16. The average molecular weight is 422 g/mol. The van der Waals surface area contributed by atoms with Crippen LogP contribution in [0.4, 0.5) is 9.18 Å². The maximum Gasteiger partial charge on any atom is 0.410 e. The lowest BCUT2D eigenvalue weighted by Gasteiger charge is -2.17. The first-order chi connectivity index (χ1) is 12.5. The number of carboxylic acid groups (broad SMARTS) is 1. The molecule has 3 rings (SSSR count). The van der Waals surface area contributed by atoms with Crippen molar-refractivity contribution in [3.63, 3.8) is 0 Å². The summed E-state index contributed by atoms with van der Waals surface area (Å²) in [4.78, 5) is 25.2. The molecule has 0 radical (unpaired) electrons. The quantitative estimate of drug-likeness (QED) is 0.809. The van der Waals surface area contributed by atoms with Gasteiger partial charge in [0, 0.05) is 23.5 Å². The lowest BCUT2D eigenvalue weighted by molar-refractivity contribution is -0.141. The molecule has 2 atom stereocenters. The number of hydrogen-bond acceptors (Lipinski definition) is 3. The number of benzene rings is 2. The molecule has 26 heavy (non-hydrogen) atoms. The summed E-state index contributed by atoms with van der Waals surface area (Å²) in [5, 5.41) is 9.49. The lowest BCUT2D eigenvalue weighted by Crippen LogP contribution is -2.30. The van der Waals surface area contributed by atoms with Gasteiger partial charge in [0.05, 0.1) is 5.92 Å². The van der Waals surface area contributed by atoms with Crippen molar-refractivity contribution in [3.05, 3.63) is 69.9 Å². The first-order valence-corrected chi connectivity index (χ1v) is 8.88. The third kappa shape index (κ3) is 4.04. The highest BCUT2D eigenvalue weighted by Gasteiger charge is 2.42. The predicted octanol–water partition coefficient (Wildman–Crippen LogP) is 4.03. The van der Waals surface area contributed by atoms with E-state index in [1.807, 2.05) is 30.3 Å². The van der Waals surface area contributed by atoms with Crippen molar-refractivity contribution in [2.75, 3.05) is 13.1 Å². The van der Waals surface area contributed by atoms with E-state index >= 15 is 0 Å². The molecule has 0 spiro atoms. The molecule has 1 aliphatic rings. The molecular weight excluding hydrogens is 405 g/mol. The van der Waals surface area contributed by atoms with Gasteiger partial charge in [0.15, 0.2) is 0 Å². The van der Waals surface area contributed by atoms with Crippen LogP contribution in [0.25, 0.3) is 0 Å². The number of carbonyl (C=O) groups excluding carboxylic acids is 1. The van der Waals surface area contributed by atoms with Crippen LogP contribution >= 0.6 is 15.9 Å². The van der Waals surface area contributed by atoms with Gasteiger partial charge in [-0.1, -0.05) is 52.3 Å². The molecule has 7 heteroatoms. The number of hydrogen-bond donors (Lipinski definition) is 1. The molecule has 0 aromatic heterocycles. The van der Waals surface area contributed by atoms with E-state index in [0.717, 1.165) is 5.56 Å². The standard InChI is InChI=1S/C19H17BrFNO4/c20-13-6-7-14(17(21)8-13)15-9-22(10-16(15)18(23)24)19(25)26-11-12-4-2-1-3-5-12/h1-8,15-16H,9-11H2,(H,23,24). The summed E-state index contributed by atoms with van der Waals surface area (Å²) < 4.78 is 20.1. The van der Waals surface area contributed by atoms with Gasteiger partial charge < -0.3 is 14.7 Å². The van der Waals surface area contributed by atoms with Gasteiger partial charge >= 0.3 is 12.1 Å². The van der Waals surface area contributed by atoms with Crippen molar-refractivity contribution in [1.29, 1.82) is 0 Å². The molecule has 1 N–H and O–H groups in total. The molecule has 2 aromatic rings. The second-order valence-corrected chi connectivity index (χ2v) is 7.08. The maximum absolute atomic E-state index is 14.3. The summed E-state index contributed by atoms with van der Waals surface area (Å²) in [7, 11) is 0. The highest BCUT2D eigenvalue weighted by molar-refractivity contribution is 9.10. The molecule has 136 valence electrons. The number of carbonyl (C=O) groups is 2. The minimum atomic E-state index is -1.06.